The van der Waals surface area contributed by atoms with Crippen molar-refractivity contribution in [3.63, 3.8) is 0 Å². The van der Waals surface area contributed by atoms with Crippen molar-refractivity contribution in [1.82, 2.24) is 14.7 Å². The molecule has 2 heterocycles. The number of amides is 2. The number of morpholine rings is 1. The molecule has 0 saturated carbocycles. The van der Waals surface area contributed by atoms with Crippen LogP contribution in [-0.4, -0.2) is 72.5 Å². The Bertz CT molecular complexity index is 835. The summed E-state index contributed by atoms with van der Waals surface area (Å²) in [6.45, 7) is 7.59. The highest BCUT2D eigenvalue weighted by Gasteiger charge is 2.23. The molecule has 0 N–H and O–H groups in total. The van der Waals surface area contributed by atoms with Crippen molar-refractivity contribution >= 4 is 11.8 Å². The fraction of sp³-hybridized carbons (Fsp3) is 0.556. The zero-order chi connectivity index (χ0) is 24.0. The minimum absolute atomic E-state index is 0.0652. The fourth-order valence-corrected chi connectivity index (χ4v) is 4.13. The Morgan fingerprint density at radius 1 is 0.912 bits per heavy atom. The van der Waals surface area contributed by atoms with Crippen LogP contribution in [0.15, 0.2) is 53.1 Å². The van der Waals surface area contributed by atoms with Crippen LogP contribution in [0.3, 0.4) is 0 Å². The fourth-order valence-electron chi connectivity index (χ4n) is 4.13. The Morgan fingerprint density at radius 2 is 1.71 bits per heavy atom. The topological polar surface area (TPSA) is 66.2 Å². The summed E-state index contributed by atoms with van der Waals surface area (Å²) in [6.07, 6.45) is 6.30. The molecule has 34 heavy (non-hydrogen) atoms. The van der Waals surface area contributed by atoms with Crippen LogP contribution in [0.4, 0.5) is 0 Å². The summed E-state index contributed by atoms with van der Waals surface area (Å²) in [5.74, 6) is 0.731. The molecule has 186 valence electrons. The maximum absolute atomic E-state index is 13.5. The van der Waals surface area contributed by atoms with E-state index in [1.54, 1.807) is 16.1 Å². The average molecular weight is 470 g/mol. The van der Waals surface area contributed by atoms with E-state index in [9.17, 15) is 9.59 Å². The van der Waals surface area contributed by atoms with Crippen LogP contribution in [0, 0.1) is 0 Å². The number of rotatable bonds is 14. The SMILES string of the molecule is CCCCCCC(=O)N(CCN1CCOCC1)CC(=O)N(Cc1ccccc1)Cc1ccco1. The van der Waals surface area contributed by atoms with Gasteiger partial charge in [-0.2, -0.15) is 0 Å². The van der Waals surface area contributed by atoms with Gasteiger partial charge >= 0.3 is 0 Å². The molecular weight excluding hydrogens is 430 g/mol. The number of benzene rings is 1. The Hall–Kier alpha value is -2.64. The number of carbonyl (C=O) groups excluding carboxylic acids is 2. The number of hydrogen-bond acceptors (Lipinski definition) is 5. The van der Waals surface area contributed by atoms with E-state index in [0.29, 0.717) is 26.1 Å². The van der Waals surface area contributed by atoms with Gasteiger partial charge in [-0.25, -0.2) is 0 Å². The van der Waals surface area contributed by atoms with Gasteiger partial charge in [0.15, 0.2) is 0 Å². The first-order chi connectivity index (χ1) is 16.7. The zero-order valence-electron chi connectivity index (χ0n) is 20.5. The Morgan fingerprint density at radius 3 is 2.41 bits per heavy atom. The van der Waals surface area contributed by atoms with E-state index in [4.69, 9.17) is 9.15 Å². The molecule has 1 fully saturated rings. The first-order valence-corrected chi connectivity index (χ1v) is 12.6. The zero-order valence-corrected chi connectivity index (χ0v) is 20.5. The summed E-state index contributed by atoms with van der Waals surface area (Å²) in [6, 6.07) is 13.6. The van der Waals surface area contributed by atoms with Gasteiger partial charge in [-0.3, -0.25) is 14.5 Å². The van der Waals surface area contributed by atoms with Crippen LogP contribution in [0.5, 0.6) is 0 Å². The molecule has 7 nitrogen and oxygen atoms in total. The third-order valence-electron chi connectivity index (χ3n) is 6.21. The van der Waals surface area contributed by atoms with Crippen molar-refractivity contribution in [2.24, 2.45) is 0 Å². The van der Waals surface area contributed by atoms with Crippen molar-refractivity contribution < 1.29 is 18.7 Å². The Balaban J connectivity index is 1.66. The molecule has 1 saturated heterocycles. The van der Waals surface area contributed by atoms with Crippen molar-refractivity contribution in [2.45, 2.75) is 52.1 Å². The lowest BCUT2D eigenvalue weighted by molar-refractivity contribution is -0.141. The van der Waals surface area contributed by atoms with E-state index in [2.05, 4.69) is 11.8 Å². The standard InChI is InChI=1S/C27H39N3O4/c1-2-3-4-8-13-26(31)29(15-14-28-16-19-33-20-17-28)23-27(32)30(22-25-12-9-18-34-25)21-24-10-6-5-7-11-24/h5-7,9-12,18H,2-4,8,13-17,19-23H2,1H3. The van der Waals surface area contributed by atoms with Gasteiger partial charge in [-0.1, -0.05) is 56.5 Å². The van der Waals surface area contributed by atoms with E-state index in [1.165, 1.54) is 0 Å². The van der Waals surface area contributed by atoms with Gasteiger partial charge in [0, 0.05) is 39.1 Å². The van der Waals surface area contributed by atoms with Gasteiger partial charge in [-0.05, 0) is 24.1 Å². The minimum Gasteiger partial charge on any atom is -0.467 e. The molecule has 1 aliphatic heterocycles. The highest BCUT2D eigenvalue weighted by atomic mass is 16.5. The van der Waals surface area contributed by atoms with Crippen LogP contribution in [-0.2, 0) is 27.4 Å². The molecule has 0 unspecified atom stereocenters. The summed E-state index contributed by atoms with van der Waals surface area (Å²) in [4.78, 5) is 32.4. The first kappa shape index (κ1) is 26.0. The lowest BCUT2D eigenvalue weighted by Gasteiger charge is -2.31. The van der Waals surface area contributed by atoms with Crippen LogP contribution in [0.1, 0.15) is 50.4 Å². The van der Waals surface area contributed by atoms with E-state index in [-0.39, 0.29) is 18.4 Å². The molecule has 0 bridgehead atoms. The molecule has 1 aliphatic rings. The Labute approximate surface area is 203 Å². The van der Waals surface area contributed by atoms with Crippen LogP contribution in [0.2, 0.25) is 0 Å². The van der Waals surface area contributed by atoms with Gasteiger partial charge in [0.1, 0.15) is 5.76 Å². The molecule has 0 atom stereocenters. The lowest BCUT2D eigenvalue weighted by Crippen LogP contribution is -2.47. The molecule has 0 aliphatic carbocycles. The predicted molar refractivity (Wildman–Crippen MR) is 132 cm³/mol. The molecule has 1 aromatic heterocycles. The van der Waals surface area contributed by atoms with Crippen LogP contribution >= 0.6 is 0 Å². The second kappa shape index (κ2) is 14.6. The van der Waals surface area contributed by atoms with Crippen molar-refractivity contribution in [3.05, 3.63) is 60.1 Å². The van der Waals surface area contributed by atoms with Crippen molar-refractivity contribution in [3.8, 4) is 0 Å². The molecule has 0 spiro atoms. The van der Waals surface area contributed by atoms with E-state index in [0.717, 1.165) is 69.9 Å². The van der Waals surface area contributed by atoms with Crippen molar-refractivity contribution in [1.29, 1.82) is 0 Å². The number of hydrogen-bond donors (Lipinski definition) is 0. The lowest BCUT2D eigenvalue weighted by atomic mass is 10.1. The second-order valence-electron chi connectivity index (χ2n) is 8.89. The molecule has 1 aromatic carbocycles. The van der Waals surface area contributed by atoms with Gasteiger partial charge in [0.2, 0.25) is 11.8 Å². The minimum atomic E-state index is -0.0656. The highest BCUT2D eigenvalue weighted by Crippen LogP contribution is 2.13. The van der Waals surface area contributed by atoms with E-state index in [1.807, 2.05) is 42.5 Å². The number of unbranched alkanes of at least 4 members (excludes halogenated alkanes) is 3. The number of carbonyl (C=O) groups is 2. The third kappa shape index (κ3) is 8.95. The normalized spacial score (nSPS) is 14.1. The highest BCUT2D eigenvalue weighted by molar-refractivity contribution is 5.84. The first-order valence-electron chi connectivity index (χ1n) is 12.6. The molecule has 2 aromatic rings. The average Bonchev–Trinajstić information content (AvgIpc) is 3.38. The van der Waals surface area contributed by atoms with Gasteiger partial charge in [0.05, 0.1) is 32.6 Å². The molecular formula is C27H39N3O4. The van der Waals surface area contributed by atoms with E-state index < -0.39 is 0 Å². The maximum atomic E-state index is 13.5. The predicted octanol–water partition coefficient (Wildman–Crippen LogP) is 3.94. The van der Waals surface area contributed by atoms with Crippen LogP contribution in [0.25, 0.3) is 0 Å². The number of ether oxygens (including phenoxy) is 1. The largest absolute Gasteiger partial charge is 0.467 e. The molecule has 2 amide bonds. The summed E-state index contributed by atoms with van der Waals surface area (Å²) in [5, 5.41) is 0. The van der Waals surface area contributed by atoms with Gasteiger partial charge in [-0.15, -0.1) is 0 Å². The number of furan rings is 1. The molecule has 0 radical (unpaired) electrons. The van der Waals surface area contributed by atoms with E-state index >= 15 is 0 Å². The Kier molecular flexibility index (Phi) is 11.1. The summed E-state index contributed by atoms with van der Waals surface area (Å²) in [7, 11) is 0. The molecule has 3 rings (SSSR count). The quantitative estimate of drug-likeness (QED) is 0.392. The summed E-state index contributed by atoms with van der Waals surface area (Å²) >= 11 is 0. The summed E-state index contributed by atoms with van der Waals surface area (Å²) in [5.41, 5.74) is 1.05. The third-order valence-corrected chi connectivity index (χ3v) is 6.21. The second-order valence-corrected chi connectivity index (χ2v) is 8.89. The smallest absolute Gasteiger partial charge is 0.242 e. The monoisotopic (exact) mass is 469 g/mol. The summed E-state index contributed by atoms with van der Waals surface area (Å²) < 4.78 is 11.0. The molecule has 7 heteroatoms. The number of nitrogens with zero attached hydrogens (tertiary/aromatic N) is 3. The van der Waals surface area contributed by atoms with Crippen LogP contribution < -0.4 is 0 Å². The van der Waals surface area contributed by atoms with Gasteiger partial charge in [0.25, 0.3) is 0 Å². The van der Waals surface area contributed by atoms with Gasteiger partial charge < -0.3 is 19.0 Å². The maximum Gasteiger partial charge on any atom is 0.242 e. The van der Waals surface area contributed by atoms with Crippen molar-refractivity contribution in [2.75, 3.05) is 45.9 Å².